The summed E-state index contributed by atoms with van der Waals surface area (Å²) in [5.41, 5.74) is 0.873. The molecule has 0 aliphatic heterocycles. The van der Waals surface area contributed by atoms with Gasteiger partial charge in [-0.3, -0.25) is 0 Å². The van der Waals surface area contributed by atoms with Crippen LogP contribution in [0.15, 0.2) is 34.9 Å². The van der Waals surface area contributed by atoms with Crippen molar-refractivity contribution in [1.29, 1.82) is 5.26 Å². The molecule has 0 unspecified atom stereocenters. The topological polar surface area (TPSA) is 59.0 Å². The normalized spacial score (nSPS) is 9.75. The smallest absolute Gasteiger partial charge is 0.301 e. The van der Waals surface area contributed by atoms with E-state index in [1.54, 1.807) is 0 Å². The standard InChI is InChI=1S/C12H10N2O2/c1-2-15-10-5-3-9(4-6-10)11-8-14-12(7-13)16-11/h3-6,8H,2H2,1H3. The molecule has 2 rings (SSSR count). The zero-order valence-electron chi connectivity index (χ0n) is 8.80. The summed E-state index contributed by atoms with van der Waals surface area (Å²) >= 11 is 0. The molecule has 1 heterocycles. The van der Waals surface area contributed by atoms with Gasteiger partial charge in [0.2, 0.25) is 0 Å². The number of benzene rings is 1. The van der Waals surface area contributed by atoms with Crippen LogP contribution in [0.25, 0.3) is 11.3 Å². The van der Waals surface area contributed by atoms with Gasteiger partial charge in [0.1, 0.15) is 5.75 Å². The molecular formula is C12H10N2O2. The predicted octanol–water partition coefficient (Wildman–Crippen LogP) is 2.61. The van der Waals surface area contributed by atoms with Crippen LogP contribution in [0, 0.1) is 11.3 Å². The Kier molecular flexibility index (Phi) is 2.88. The van der Waals surface area contributed by atoms with Gasteiger partial charge in [0, 0.05) is 5.56 Å². The minimum Gasteiger partial charge on any atom is -0.494 e. The minimum atomic E-state index is 0.0730. The van der Waals surface area contributed by atoms with Crippen molar-refractivity contribution in [2.45, 2.75) is 6.92 Å². The summed E-state index contributed by atoms with van der Waals surface area (Å²) < 4.78 is 10.5. The molecule has 1 aromatic heterocycles. The van der Waals surface area contributed by atoms with Crippen LogP contribution < -0.4 is 4.74 Å². The second-order valence-corrected chi connectivity index (χ2v) is 3.10. The second kappa shape index (κ2) is 4.49. The molecule has 0 N–H and O–H groups in total. The molecule has 4 heteroatoms. The molecule has 0 bridgehead atoms. The van der Waals surface area contributed by atoms with E-state index in [1.165, 1.54) is 6.20 Å². The van der Waals surface area contributed by atoms with Gasteiger partial charge in [-0.05, 0) is 31.2 Å². The molecule has 0 aliphatic carbocycles. The molecule has 80 valence electrons. The predicted molar refractivity (Wildman–Crippen MR) is 57.8 cm³/mol. The Balaban J connectivity index is 2.24. The molecular weight excluding hydrogens is 204 g/mol. The van der Waals surface area contributed by atoms with E-state index in [0.29, 0.717) is 12.4 Å². The molecule has 0 radical (unpaired) electrons. The number of rotatable bonds is 3. The monoisotopic (exact) mass is 214 g/mol. The summed E-state index contributed by atoms with van der Waals surface area (Å²) in [5, 5.41) is 8.59. The van der Waals surface area contributed by atoms with Gasteiger partial charge in [-0.25, -0.2) is 4.98 Å². The van der Waals surface area contributed by atoms with E-state index in [9.17, 15) is 0 Å². The molecule has 16 heavy (non-hydrogen) atoms. The number of hydrogen-bond donors (Lipinski definition) is 0. The molecule has 0 atom stereocenters. The van der Waals surface area contributed by atoms with Crippen molar-refractivity contribution in [2.75, 3.05) is 6.61 Å². The first-order valence-electron chi connectivity index (χ1n) is 4.92. The Morgan fingerprint density at radius 1 is 1.38 bits per heavy atom. The molecule has 0 fully saturated rings. The second-order valence-electron chi connectivity index (χ2n) is 3.10. The number of oxazole rings is 1. The largest absolute Gasteiger partial charge is 0.494 e. The summed E-state index contributed by atoms with van der Waals surface area (Å²) in [6, 6.07) is 9.29. The van der Waals surface area contributed by atoms with E-state index < -0.39 is 0 Å². The van der Waals surface area contributed by atoms with Crippen LogP contribution in [0.3, 0.4) is 0 Å². The molecule has 1 aromatic carbocycles. The van der Waals surface area contributed by atoms with Crippen molar-refractivity contribution in [3.8, 4) is 23.1 Å². The molecule has 0 aliphatic rings. The third kappa shape index (κ3) is 2.04. The lowest BCUT2D eigenvalue weighted by Gasteiger charge is -2.02. The van der Waals surface area contributed by atoms with Crippen molar-refractivity contribution in [3.63, 3.8) is 0 Å². The fourth-order valence-corrected chi connectivity index (χ4v) is 1.34. The molecule has 0 spiro atoms. The molecule has 0 saturated carbocycles. The fraction of sp³-hybridized carbons (Fsp3) is 0.167. The minimum absolute atomic E-state index is 0.0730. The highest BCUT2D eigenvalue weighted by molar-refractivity contribution is 5.57. The van der Waals surface area contributed by atoms with Crippen molar-refractivity contribution in [1.82, 2.24) is 4.98 Å². The Morgan fingerprint density at radius 2 is 2.12 bits per heavy atom. The van der Waals surface area contributed by atoms with Gasteiger partial charge in [0.15, 0.2) is 11.8 Å². The quantitative estimate of drug-likeness (QED) is 0.787. The highest BCUT2D eigenvalue weighted by Crippen LogP contribution is 2.22. The average molecular weight is 214 g/mol. The summed E-state index contributed by atoms with van der Waals surface area (Å²) in [4.78, 5) is 3.81. The van der Waals surface area contributed by atoms with Crippen LogP contribution in [-0.2, 0) is 0 Å². The number of aromatic nitrogens is 1. The zero-order chi connectivity index (χ0) is 11.4. The molecule has 0 saturated heterocycles. The van der Waals surface area contributed by atoms with Gasteiger partial charge in [-0.2, -0.15) is 5.26 Å². The van der Waals surface area contributed by atoms with Gasteiger partial charge in [-0.1, -0.05) is 0 Å². The number of ether oxygens (including phenoxy) is 1. The third-order valence-electron chi connectivity index (χ3n) is 2.05. The summed E-state index contributed by atoms with van der Waals surface area (Å²) in [6.45, 7) is 2.57. The van der Waals surface area contributed by atoms with Crippen molar-refractivity contribution >= 4 is 0 Å². The molecule has 2 aromatic rings. The van der Waals surface area contributed by atoms with Crippen LogP contribution >= 0.6 is 0 Å². The van der Waals surface area contributed by atoms with E-state index >= 15 is 0 Å². The Bertz CT molecular complexity index is 509. The van der Waals surface area contributed by atoms with Gasteiger partial charge >= 0.3 is 5.89 Å². The van der Waals surface area contributed by atoms with Crippen molar-refractivity contribution in [2.24, 2.45) is 0 Å². The van der Waals surface area contributed by atoms with Crippen LogP contribution in [0.2, 0.25) is 0 Å². The number of hydrogen-bond acceptors (Lipinski definition) is 4. The molecule has 4 nitrogen and oxygen atoms in total. The van der Waals surface area contributed by atoms with Crippen LogP contribution in [0.5, 0.6) is 5.75 Å². The van der Waals surface area contributed by atoms with E-state index in [4.69, 9.17) is 14.4 Å². The lowest BCUT2D eigenvalue weighted by atomic mass is 10.2. The highest BCUT2D eigenvalue weighted by atomic mass is 16.5. The molecule has 0 amide bonds. The van der Waals surface area contributed by atoms with Gasteiger partial charge in [-0.15, -0.1) is 0 Å². The zero-order valence-corrected chi connectivity index (χ0v) is 8.80. The first-order chi connectivity index (χ1) is 7.83. The van der Waals surface area contributed by atoms with E-state index in [2.05, 4.69) is 4.98 Å². The van der Waals surface area contributed by atoms with Crippen molar-refractivity contribution in [3.05, 3.63) is 36.4 Å². The van der Waals surface area contributed by atoms with Gasteiger partial charge in [0.25, 0.3) is 0 Å². The summed E-state index contributed by atoms with van der Waals surface area (Å²) in [5.74, 6) is 1.47. The van der Waals surface area contributed by atoms with Crippen molar-refractivity contribution < 1.29 is 9.15 Å². The fourth-order valence-electron chi connectivity index (χ4n) is 1.34. The Morgan fingerprint density at radius 3 is 2.69 bits per heavy atom. The average Bonchev–Trinajstić information content (AvgIpc) is 2.79. The third-order valence-corrected chi connectivity index (χ3v) is 2.05. The summed E-state index contributed by atoms with van der Waals surface area (Å²) in [6.07, 6.45) is 1.54. The number of nitriles is 1. The Hall–Kier alpha value is -2.28. The first kappa shape index (κ1) is 10.2. The van der Waals surface area contributed by atoms with Gasteiger partial charge in [0.05, 0.1) is 12.8 Å². The Labute approximate surface area is 93.1 Å². The lowest BCUT2D eigenvalue weighted by Crippen LogP contribution is -1.90. The maximum Gasteiger partial charge on any atom is 0.301 e. The van der Waals surface area contributed by atoms with Crippen LogP contribution in [-0.4, -0.2) is 11.6 Å². The van der Waals surface area contributed by atoms with E-state index in [-0.39, 0.29) is 5.89 Å². The first-order valence-corrected chi connectivity index (χ1v) is 4.92. The van der Waals surface area contributed by atoms with Crippen LogP contribution in [0.4, 0.5) is 0 Å². The highest BCUT2D eigenvalue weighted by Gasteiger charge is 2.05. The van der Waals surface area contributed by atoms with E-state index in [0.717, 1.165) is 11.3 Å². The maximum atomic E-state index is 8.59. The van der Waals surface area contributed by atoms with Gasteiger partial charge < -0.3 is 9.15 Å². The SMILES string of the molecule is CCOc1ccc(-c2cnc(C#N)o2)cc1. The maximum absolute atomic E-state index is 8.59. The number of nitrogens with zero attached hydrogens (tertiary/aromatic N) is 2. The summed E-state index contributed by atoms with van der Waals surface area (Å²) in [7, 11) is 0. The van der Waals surface area contributed by atoms with E-state index in [1.807, 2.05) is 37.3 Å². The van der Waals surface area contributed by atoms with Crippen LogP contribution in [0.1, 0.15) is 12.8 Å². The lowest BCUT2D eigenvalue weighted by molar-refractivity contribution is 0.340.